The van der Waals surface area contributed by atoms with Gasteiger partial charge in [-0.2, -0.15) is 0 Å². The van der Waals surface area contributed by atoms with Crippen LogP contribution in [0.25, 0.3) is 11.0 Å². The molecule has 1 aromatic carbocycles. The van der Waals surface area contributed by atoms with Crippen LogP contribution >= 0.6 is 0 Å². The van der Waals surface area contributed by atoms with Crippen LogP contribution in [0.4, 0.5) is 0 Å². The van der Waals surface area contributed by atoms with E-state index in [0.29, 0.717) is 35.0 Å². The van der Waals surface area contributed by atoms with Gasteiger partial charge < -0.3 is 15.2 Å². The number of fused-ring (bicyclic) bond motifs is 6. The van der Waals surface area contributed by atoms with Crippen LogP contribution in [0.3, 0.4) is 0 Å². The van der Waals surface area contributed by atoms with Crippen molar-refractivity contribution in [2.24, 2.45) is 46.3 Å². The van der Waals surface area contributed by atoms with Gasteiger partial charge in [-0.15, -0.1) is 0 Å². The Morgan fingerprint density at radius 2 is 1.89 bits per heavy atom. The third kappa shape index (κ3) is 3.72. The van der Waals surface area contributed by atoms with Gasteiger partial charge in [-0.25, -0.2) is 4.98 Å². The van der Waals surface area contributed by atoms with Gasteiger partial charge in [-0.3, -0.25) is 0 Å². The van der Waals surface area contributed by atoms with E-state index in [1.165, 1.54) is 31.2 Å². The third-order valence-electron chi connectivity index (χ3n) is 12.0. The molecular weight excluding hydrogens is 432 g/mol. The first-order valence-electron chi connectivity index (χ1n) is 14.5. The van der Waals surface area contributed by atoms with Crippen LogP contribution < -0.4 is 0 Å². The fraction of sp³-hybridized carbons (Fsp3) is 0.774. The number of aromatic amines is 1. The number of aryl methyl sites for hydroxylation is 2. The number of hydrogen-bond donors (Lipinski definition) is 3. The quantitative estimate of drug-likeness (QED) is 0.474. The molecule has 0 saturated heterocycles. The van der Waals surface area contributed by atoms with E-state index in [1.807, 2.05) is 0 Å². The fourth-order valence-electron chi connectivity index (χ4n) is 10.0. The topological polar surface area (TPSA) is 69.1 Å². The van der Waals surface area contributed by atoms with E-state index >= 15 is 0 Å². The molecule has 0 spiro atoms. The normalized spacial score (nSPS) is 44.0. The van der Waals surface area contributed by atoms with Crippen molar-refractivity contribution in [3.63, 3.8) is 0 Å². The monoisotopic (exact) mass is 478 g/mol. The molecule has 4 heteroatoms. The number of H-pyrrole nitrogens is 1. The van der Waals surface area contributed by atoms with Crippen molar-refractivity contribution in [2.45, 2.75) is 104 Å². The first-order chi connectivity index (χ1) is 16.7. The Bertz CT molecular complexity index is 1080. The molecule has 4 saturated carbocycles. The van der Waals surface area contributed by atoms with Gasteiger partial charge in [0, 0.05) is 6.42 Å². The lowest BCUT2D eigenvalue weighted by atomic mass is 9.43. The van der Waals surface area contributed by atoms with Gasteiger partial charge in [-0.05, 0) is 129 Å². The van der Waals surface area contributed by atoms with Gasteiger partial charge in [0.15, 0.2) is 0 Å². The Morgan fingerprint density at radius 3 is 2.71 bits per heavy atom. The number of rotatable bonds is 4. The van der Waals surface area contributed by atoms with Gasteiger partial charge in [0.25, 0.3) is 0 Å². The molecule has 4 nitrogen and oxygen atoms in total. The average Bonchev–Trinajstić information content (AvgIpc) is 3.40. The minimum absolute atomic E-state index is 0.0446. The summed E-state index contributed by atoms with van der Waals surface area (Å²) in [6.07, 6.45) is 11.0. The minimum Gasteiger partial charge on any atom is -0.393 e. The lowest BCUT2D eigenvalue weighted by Crippen LogP contribution is -2.58. The molecular formula is C31H46N2O2. The molecule has 2 aromatic rings. The van der Waals surface area contributed by atoms with E-state index in [1.54, 1.807) is 0 Å². The summed E-state index contributed by atoms with van der Waals surface area (Å²) in [6, 6.07) is 6.44. The number of nitrogens with one attached hydrogen (secondary N) is 1. The summed E-state index contributed by atoms with van der Waals surface area (Å²) in [5, 5.41) is 22.1. The van der Waals surface area contributed by atoms with Gasteiger partial charge in [0.1, 0.15) is 5.82 Å². The Hall–Kier alpha value is -1.39. The predicted molar refractivity (Wildman–Crippen MR) is 141 cm³/mol. The van der Waals surface area contributed by atoms with Crippen molar-refractivity contribution in [1.29, 1.82) is 0 Å². The Kier molecular flexibility index (Phi) is 5.88. The molecule has 192 valence electrons. The minimum atomic E-state index is -0.194. The molecule has 0 radical (unpaired) electrons. The number of aliphatic hydroxyl groups is 2. The highest BCUT2D eigenvalue weighted by Gasteiger charge is 2.63. The van der Waals surface area contributed by atoms with Crippen LogP contribution in [0.1, 0.15) is 89.9 Å². The van der Waals surface area contributed by atoms with E-state index < -0.39 is 0 Å². The lowest BCUT2D eigenvalue weighted by Gasteiger charge is -2.62. The van der Waals surface area contributed by atoms with E-state index in [9.17, 15) is 10.2 Å². The second kappa shape index (κ2) is 8.58. The van der Waals surface area contributed by atoms with E-state index in [-0.39, 0.29) is 17.6 Å². The number of aromatic nitrogens is 2. The third-order valence-corrected chi connectivity index (χ3v) is 12.0. The molecule has 1 heterocycles. The van der Waals surface area contributed by atoms with Crippen LogP contribution in [0.5, 0.6) is 0 Å². The number of aliphatic hydroxyl groups excluding tert-OH is 2. The Morgan fingerprint density at radius 1 is 1.06 bits per heavy atom. The molecule has 0 bridgehead atoms. The number of imidazole rings is 1. The number of nitrogens with zero attached hydrogens (tertiary/aromatic N) is 1. The van der Waals surface area contributed by atoms with Crippen LogP contribution in [-0.4, -0.2) is 32.4 Å². The Balaban J connectivity index is 1.18. The van der Waals surface area contributed by atoms with Crippen LogP contribution in [0.2, 0.25) is 0 Å². The molecule has 4 fully saturated rings. The fourth-order valence-corrected chi connectivity index (χ4v) is 10.0. The van der Waals surface area contributed by atoms with Crippen LogP contribution in [0.15, 0.2) is 18.2 Å². The summed E-state index contributed by atoms with van der Waals surface area (Å²) in [6.45, 7) is 9.53. The number of hydrogen-bond acceptors (Lipinski definition) is 3. The maximum Gasteiger partial charge on any atom is 0.107 e. The summed E-state index contributed by atoms with van der Waals surface area (Å²) in [5.41, 5.74) is 3.84. The summed E-state index contributed by atoms with van der Waals surface area (Å²) in [5.74, 6) is 4.98. The van der Waals surface area contributed by atoms with Crippen LogP contribution in [0, 0.1) is 53.3 Å². The second-order valence-corrected chi connectivity index (χ2v) is 13.6. The molecule has 0 amide bonds. The number of benzene rings is 1. The van der Waals surface area contributed by atoms with Crippen molar-refractivity contribution in [3.05, 3.63) is 29.6 Å². The SMILES string of the molecule is Cc1ccc2nc(CC[C@H](C)[C@@H]3CC[C@@H]4[C@@H]5CC[C@@H]6C[C@@H](O)CC[C@]6(C)[C@@H]5C[C@H](O)[C@@]43C)[nH]c2c1. The maximum absolute atomic E-state index is 11.8. The van der Waals surface area contributed by atoms with Gasteiger partial charge >= 0.3 is 0 Å². The molecule has 4 aliphatic rings. The second-order valence-electron chi connectivity index (χ2n) is 13.6. The average molecular weight is 479 g/mol. The summed E-state index contributed by atoms with van der Waals surface area (Å²) in [7, 11) is 0. The smallest absolute Gasteiger partial charge is 0.107 e. The van der Waals surface area contributed by atoms with E-state index in [0.717, 1.165) is 61.3 Å². The largest absolute Gasteiger partial charge is 0.393 e. The van der Waals surface area contributed by atoms with Gasteiger partial charge in [0.05, 0.1) is 23.2 Å². The summed E-state index contributed by atoms with van der Waals surface area (Å²) < 4.78 is 0. The lowest BCUT2D eigenvalue weighted by molar-refractivity contribution is -0.174. The summed E-state index contributed by atoms with van der Waals surface area (Å²) in [4.78, 5) is 8.40. The first kappa shape index (κ1) is 24.0. The van der Waals surface area contributed by atoms with Crippen molar-refractivity contribution in [3.8, 4) is 0 Å². The highest BCUT2D eigenvalue weighted by atomic mass is 16.3. The zero-order chi connectivity index (χ0) is 24.5. The van der Waals surface area contributed by atoms with Crippen molar-refractivity contribution >= 4 is 11.0 Å². The highest BCUT2D eigenvalue weighted by molar-refractivity contribution is 5.75. The van der Waals surface area contributed by atoms with Gasteiger partial charge in [0.2, 0.25) is 0 Å². The molecule has 10 atom stereocenters. The van der Waals surface area contributed by atoms with Crippen molar-refractivity contribution < 1.29 is 10.2 Å². The zero-order valence-electron chi connectivity index (χ0n) is 22.3. The Labute approximate surface area is 211 Å². The summed E-state index contributed by atoms with van der Waals surface area (Å²) >= 11 is 0. The first-order valence-corrected chi connectivity index (χ1v) is 14.5. The van der Waals surface area contributed by atoms with E-state index in [2.05, 4.69) is 50.9 Å². The predicted octanol–water partition coefficient (Wildman–Crippen LogP) is 6.43. The zero-order valence-corrected chi connectivity index (χ0v) is 22.3. The molecule has 6 rings (SSSR count). The molecule has 3 N–H and O–H groups in total. The molecule has 1 aromatic heterocycles. The van der Waals surface area contributed by atoms with Crippen LogP contribution in [-0.2, 0) is 6.42 Å². The van der Waals surface area contributed by atoms with Crippen molar-refractivity contribution in [2.75, 3.05) is 0 Å². The van der Waals surface area contributed by atoms with Crippen molar-refractivity contribution in [1.82, 2.24) is 9.97 Å². The molecule has 35 heavy (non-hydrogen) atoms. The molecule has 0 unspecified atom stereocenters. The highest BCUT2D eigenvalue weighted by Crippen LogP contribution is 2.68. The standard InChI is InChI=1S/C31H46N2O2/c1-18-5-11-26-27(15-18)33-29(32-26)12-6-19(2)23-9-10-24-22-8-7-20-16-21(34)13-14-30(20,3)25(22)17-28(35)31(23,24)4/h5,11,15,19-25,28,34-35H,6-10,12-14,16-17H2,1-4H3,(H,32,33)/t19-,20+,21-,22-,23-,24+,25+,28-,30-,31+/m0/s1. The van der Waals surface area contributed by atoms with Gasteiger partial charge in [-0.1, -0.05) is 26.8 Å². The molecule has 4 aliphatic carbocycles. The van der Waals surface area contributed by atoms with E-state index in [4.69, 9.17) is 4.98 Å². The maximum atomic E-state index is 11.8. The molecule has 0 aliphatic heterocycles.